The van der Waals surface area contributed by atoms with Gasteiger partial charge in [0.15, 0.2) is 0 Å². The lowest BCUT2D eigenvalue weighted by molar-refractivity contribution is 0.0335. The Morgan fingerprint density at radius 2 is 2.03 bits per heavy atom. The van der Waals surface area contributed by atoms with Crippen molar-refractivity contribution < 1.29 is 13.9 Å². The number of halogens is 2. The Balaban J connectivity index is 1.84. The number of nitrogens with one attached hydrogen (secondary N) is 1. The molecule has 0 bridgehead atoms. The van der Waals surface area contributed by atoms with E-state index in [1.165, 1.54) is 6.07 Å². The molecule has 3 rings (SSSR count). The van der Waals surface area contributed by atoms with E-state index in [0.717, 1.165) is 13.1 Å². The van der Waals surface area contributed by atoms with Gasteiger partial charge in [-0.25, -0.2) is 9.18 Å². The van der Waals surface area contributed by atoms with Crippen LogP contribution in [0.3, 0.4) is 0 Å². The Kier molecular flexibility index (Phi) is 8.25. The summed E-state index contributed by atoms with van der Waals surface area (Å²) in [7, 11) is 0. The number of ether oxygens (including phenoxy) is 1. The largest absolute Gasteiger partial charge is 0.379 e. The van der Waals surface area contributed by atoms with Crippen LogP contribution in [-0.4, -0.2) is 55.2 Å². The Morgan fingerprint density at radius 3 is 2.73 bits per heavy atom. The molecule has 0 aromatic heterocycles. The number of hydrogen-bond donors (Lipinski definition) is 1. The van der Waals surface area contributed by atoms with Gasteiger partial charge in [-0.05, 0) is 30.7 Å². The summed E-state index contributed by atoms with van der Waals surface area (Å²) in [6, 6.07) is 12.8. The van der Waals surface area contributed by atoms with Gasteiger partial charge in [0, 0.05) is 42.5 Å². The van der Waals surface area contributed by atoms with Crippen molar-refractivity contribution in [3.8, 4) is 0 Å². The van der Waals surface area contributed by atoms with Crippen LogP contribution in [0.1, 0.15) is 18.0 Å². The quantitative estimate of drug-likeness (QED) is 0.600. The van der Waals surface area contributed by atoms with Crippen LogP contribution in [0.25, 0.3) is 0 Å². The summed E-state index contributed by atoms with van der Waals surface area (Å²) in [5, 5.41) is 3.43. The number of rotatable bonds is 8. The molecule has 0 radical (unpaired) electrons. The number of urea groups is 1. The smallest absolute Gasteiger partial charge is 0.322 e. The zero-order valence-corrected chi connectivity index (χ0v) is 17.7. The zero-order chi connectivity index (χ0) is 21.3. The van der Waals surface area contributed by atoms with Crippen molar-refractivity contribution in [1.29, 1.82) is 0 Å². The highest BCUT2D eigenvalue weighted by molar-refractivity contribution is 6.30. The molecule has 1 heterocycles. The molecule has 1 fully saturated rings. The Morgan fingerprint density at radius 1 is 1.27 bits per heavy atom. The fourth-order valence-corrected chi connectivity index (χ4v) is 3.75. The number of amides is 2. The average molecular weight is 432 g/mol. The Labute approximate surface area is 182 Å². The maximum absolute atomic E-state index is 14.6. The first-order chi connectivity index (χ1) is 14.6. The number of anilines is 1. The van der Waals surface area contributed by atoms with Crippen LogP contribution in [0.2, 0.25) is 5.02 Å². The number of benzene rings is 2. The molecule has 30 heavy (non-hydrogen) atoms. The van der Waals surface area contributed by atoms with Crippen LogP contribution in [0.4, 0.5) is 14.9 Å². The first-order valence-corrected chi connectivity index (χ1v) is 10.4. The average Bonchev–Trinajstić information content (AvgIpc) is 2.74. The van der Waals surface area contributed by atoms with Crippen LogP contribution >= 0.6 is 11.6 Å². The van der Waals surface area contributed by atoms with Gasteiger partial charge in [-0.1, -0.05) is 41.9 Å². The molecule has 160 valence electrons. The fourth-order valence-electron chi connectivity index (χ4n) is 3.56. The third-order valence-corrected chi connectivity index (χ3v) is 5.36. The van der Waals surface area contributed by atoms with Crippen LogP contribution in [-0.2, 0) is 4.74 Å². The van der Waals surface area contributed by atoms with E-state index in [2.05, 4.69) is 16.8 Å². The molecule has 1 aliphatic rings. The van der Waals surface area contributed by atoms with Gasteiger partial charge in [0.2, 0.25) is 0 Å². The minimum Gasteiger partial charge on any atom is -0.379 e. The predicted molar refractivity (Wildman–Crippen MR) is 118 cm³/mol. The SMILES string of the molecule is C=CC[C@@H](c1ccccc1F)N(CCN1CCOCC1)C(=O)Nc1cccc(Cl)c1. The molecular weight excluding hydrogens is 405 g/mol. The van der Waals surface area contributed by atoms with Gasteiger partial charge in [0.05, 0.1) is 19.3 Å². The van der Waals surface area contributed by atoms with Crippen LogP contribution in [0.15, 0.2) is 61.2 Å². The van der Waals surface area contributed by atoms with E-state index in [9.17, 15) is 9.18 Å². The predicted octanol–water partition coefficient (Wildman–Crippen LogP) is 4.96. The molecule has 2 amide bonds. The number of nitrogens with zero attached hydrogens (tertiary/aromatic N) is 2. The second-order valence-corrected chi connectivity index (χ2v) is 7.59. The summed E-state index contributed by atoms with van der Waals surface area (Å²) >= 11 is 6.05. The Bertz CT molecular complexity index is 858. The van der Waals surface area contributed by atoms with Crippen molar-refractivity contribution in [2.75, 3.05) is 44.7 Å². The molecule has 2 aromatic rings. The van der Waals surface area contributed by atoms with Crippen molar-refractivity contribution in [1.82, 2.24) is 9.80 Å². The highest BCUT2D eigenvalue weighted by Crippen LogP contribution is 2.28. The standard InChI is InChI=1S/C23H27ClFN3O2/c1-2-6-22(20-9-3-4-10-21(20)25)28(12-11-27-13-15-30-16-14-27)23(29)26-19-8-5-7-18(24)17-19/h2-5,7-10,17,22H,1,6,11-16H2,(H,26,29)/t22-/m0/s1. The van der Waals surface area contributed by atoms with Gasteiger partial charge < -0.3 is 15.0 Å². The minimum absolute atomic E-state index is 0.305. The van der Waals surface area contributed by atoms with Crippen molar-refractivity contribution in [2.24, 2.45) is 0 Å². The number of carbonyl (C=O) groups is 1. The molecule has 1 N–H and O–H groups in total. The summed E-state index contributed by atoms with van der Waals surface area (Å²) in [6.45, 7) is 7.92. The molecular formula is C23H27ClFN3O2. The summed E-state index contributed by atoms with van der Waals surface area (Å²) < 4.78 is 20.0. The molecule has 0 unspecified atom stereocenters. The van der Waals surface area contributed by atoms with E-state index in [-0.39, 0.29) is 11.8 Å². The fraction of sp³-hybridized carbons (Fsp3) is 0.348. The van der Waals surface area contributed by atoms with E-state index in [0.29, 0.717) is 49.0 Å². The monoisotopic (exact) mass is 431 g/mol. The maximum atomic E-state index is 14.6. The normalized spacial score (nSPS) is 15.4. The summed E-state index contributed by atoms with van der Waals surface area (Å²) in [4.78, 5) is 17.2. The van der Waals surface area contributed by atoms with E-state index in [1.54, 1.807) is 53.4 Å². The van der Waals surface area contributed by atoms with E-state index < -0.39 is 6.04 Å². The van der Waals surface area contributed by atoms with E-state index >= 15 is 0 Å². The van der Waals surface area contributed by atoms with Crippen LogP contribution in [0.5, 0.6) is 0 Å². The maximum Gasteiger partial charge on any atom is 0.322 e. The lowest BCUT2D eigenvalue weighted by atomic mass is 10.0. The molecule has 1 saturated heterocycles. The summed E-state index contributed by atoms with van der Waals surface area (Å²) in [5.74, 6) is -0.337. The van der Waals surface area contributed by atoms with Crippen molar-refractivity contribution >= 4 is 23.3 Å². The van der Waals surface area contributed by atoms with Crippen LogP contribution in [0, 0.1) is 5.82 Å². The third-order valence-electron chi connectivity index (χ3n) is 5.13. The second kappa shape index (κ2) is 11.1. The number of morpholine rings is 1. The van der Waals surface area contributed by atoms with Crippen molar-refractivity contribution in [3.05, 3.63) is 77.6 Å². The molecule has 0 saturated carbocycles. The van der Waals surface area contributed by atoms with Crippen molar-refractivity contribution in [3.63, 3.8) is 0 Å². The zero-order valence-electron chi connectivity index (χ0n) is 16.9. The van der Waals surface area contributed by atoms with E-state index in [4.69, 9.17) is 16.3 Å². The second-order valence-electron chi connectivity index (χ2n) is 7.15. The highest BCUT2D eigenvalue weighted by atomic mass is 35.5. The first kappa shape index (κ1) is 22.3. The van der Waals surface area contributed by atoms with Gasteiger partial charge in [-0.3, -0.25) is 4.90 Å². The molecule has 7 heteroatoms. The Hall–Kier alpha value is -2.41. The molecule has 1 atom stereocenters. The van der Waals surface area contributed by atoms with E-state index in [1.807, 2.05) is 0 Å². The van der Waals surface area contributed by atoms with Gasteiger partial charge >= 0.3 is 6.03 Å². The molecule has 2 aromatic carbocycles. The number of hydrogen-bond acceptors (Lipinski definition) is 3. The first-order valence-electron chi connectivity index (χ1n) is 10.1. The molecule has 5 nitrogen and oxygen atoms in total. The third kappa shape index (κ3) is 6.05. The van der Waals surface area contributed by atoms with Gasteiger partial charge in [-0.15, -0.1) is 6.58 Å². The lowest BCUT2D eigenvalue weighted by Gasteiger charge is -2.35. The van der Waals surface area contributed by atoms with Gasteiger partial charge in [-0.2, -0.15) is 0 Å². The highest BCUT2D eigenvalue weighted by Gasteiger charge is 2.27. The molecule has 0 spiro atoms. The minimum atomic E-state index is -0.469. The van der Waals surface area contributed by atoms with Gasteiger partial charge in [0.1, 0.15) is 5.82 Å². The number of carbonyl (C=O) groups excluding carboxylic acids is 1. The topological polar surface area (TPSA) is 44.8 Å². The van der Waals surface area contributed by atoms with Gasteiger partial charge in [0.25, 0.3) is 0 Å². The molecule has 1 aliphatic heterocycles. The molecule has 0 aliphatic carbocycles. The van der Waals surface area contributed by atoms with Crippen LogP contribution < -0.4 is 5.32 Å². The summed E-state index contributed by atoms with van der Waals surface area (Å²) in [5.41, 5.74) is 1.07. The lowest BCUT2D eigenvalue weighted by Crippen LogP contribution is -2.45. The van der Waals surface area contributed by atoms with Crippen molar-refractivity contribution in [2.45, 2.75) is 12.5 Å². The summed E-state index contributed by atoms with van der Waals surface area (Å²) in [6.07, 6.45) is 2.15.